The lowest BCUT2D eigenvalue weighted by Crippen LogP contribution is -2.42. The molecule has 1 aliphatic rings. The van der Waals surface area contributed by atoms with E-state index in [2.05, 4.69) is 18.3 Å². The van der Waals surface area contributed by atoms with E-state index >= 15 is 0 Å². The van der Waals surface area contributed by atoms with Crippen molar-refractivity contribution in [3.63, 3.8) is 0 Å². The molecule has 1 amide bonds. The van der Waals surface area contributed by atoms with E-state index in [0.29, 0.717) is 18.0 Å². The molecule has 2 aromatic rings. The van der Waals surface area contributed by atoms with Gasteiger partial charge < -0.3 is 10.2 Å². The molecule has 2 atom stereocenters. The van der Waals surface area contributed by atoms with Crippen LogP contribution in [-0.2, 0) is 21.2 Å². The highest BCUT2D eigenvalue weighted by Crippen LogP contribution is 2.31. The van der Waals surface area contributed by atoms with E-state index in [1.165, 1.54) is 9.87 Å². The maximum Gasteiger partial charge on any atom is 0.243 e. The van der Waals surface area contributed by atoms with Crippen molar-refractivity contribution < 1.29 is 13.2 Å². The first-order chi connectivity index (χ1) is 14.3. The maximum atomic E-state index is 12.9. The Kier molecular flexibility index (Phi) is 6.95. The fourth-order valence-corrected chi connectivity index (χ4v) is 5.49. The topological polar surface area (TPSA) is 69.7 Å². The van der Waals surface area contributed by atoms with Crippen LogP contribution in [0.3, 0.4) is 0 Å². The highest BCUT2D eigenvalue weighted by Gasteiger charge is 2.30. The summed E-state index contributed by atoms with van der Waals surface area (Å²) in [7, 11) is -3.46. The zero-order chi connectivity index (χ0) is 21.9. The molecule has 0 fully saturated rings. The van der Waals surface area contributed by atoms with E-state index in [9.17, 15) is 13.2 Å². The normalized spacial score (nSPS) is 17.2. The van der Waals surface area contributed by atoms with E-state index in [-0.39, 0.29) is 24.5 Å². The van der Waals surface area contributed by atoms with E-state index in [0.717, 1.165) is 17.7 Å². The van der Waals surface area contributed by atoms with Crippen LogP contribution in [0.1, 0.15) is 44.9 Å². The monoisotopic (exact) mass is 429 g/mol. The summed E-state index contributed by atoms with van der Waals surface area (Å²) in [5.74, 6) is 0.0417. The molecule has 1 N–H and O–H groups in total. The van der Waals surface area contributed by atoms with Gasteiger partial charge in [-0.2, -0.15) is 4.31 Å². The molecule has 0 aromatic heterocycles. The van der Waals surface area contributed by atoms with Crippen molar-refractivity contribution in [1.29, 1.82) is 0 Å². The van der Waals surface area contributed by atoms with E-state index in [1.54, 1.807) is 12.1 Å². The molecule has 0 radical (unpaired) electrons. The number of fused-ring (bicyclic) bond motifs is 1. The SMILES string of the molecule is CCN(CC)S(=O)(=O)c1ccc([C@H](C)NCC(=O)N2c3ccccc3C[C@H]2C)cc1. The minimum Gasteiger partial charge on any atom is -0.308 e. The summed E-state index contributed by atoms with van der Waals surface area (Å²) in [4.78, 5) is 15.0. The van der Waals surface area contributed by atoms with Crippen LogP contribution >= 0.6 is 0 Å². The number of nitrogens with zero attached hydrogens (tertiary/aromatic N) is 2. The molecule has 2 aromatic carbocycles. The van der Waals surface area contributed by atoms with E-state index in [4.69, 9.17) is 0 Å². The van der Waals surface area contributed by atoms with Crippen LogP contribution in [0.5, 0.6) is 0 Å². The van der Waals surface area contributed by atoms with E-state index < -0.39 is 10.0 Å². The molecule has 0 unspecified atom stereocenters. The first-order valence-corrected chi connectivity index (χ1v) is 12.0. The third-order valence-corrected chi connectivity index (χ3v) is 7.82. The molecule has 0 aliphatic carbocycles. The average Bonchev–Trinajstić information content (AvgIpc) is 3.08. The lowest BCUT2D eigenvalue weighted by atomic mass is 10.1. The Labute approximate surface area is 179 Å². The number of sulfonamides is 1. The number of amides is 1. The van der Waals surface area contributed by atoms with Crippen molar-refractivity contribution in [2.45, 2.75) is 51.1 Å². The Hall–Kier alpha value is -2.22. The second-order valence-electron chi connectivity index (χ2n) is 7.71. The minimum atomic E-state index is -3.46. The third-order valence-electron chi connectivity index (χ3n) is 5.76. The summed E-state index contributed by atoms with van der Waals surface area (Å²) in [6.45, 7) is 8.81. The first-order valence-electron chi connectivity index (χ1n) is 10.5. The Bertz CT molecular complexity index is 985. The summed E-state index contributed by atoms with van der Waals surface area (Å²) in [6.07, 6.45) is 0.875. The summed E-state index contributed by atoms with van der Waals surface area (Å²) in [5, 5.41) is 3.28. The molecule has 6 nitrogen and oxygen atoms in total. The first kappa shape index (κ1) is 22.5. The van der Waals surface area contributed by atoms with Gasteiger partial charge in [-0.3, -0.25) is 4.79 Å². The smallest absolute Gasteiger partial charge is 0.243 e. The minimum absolute atomic E-state index is 0.0417. The quantitative estimate of drug-likeness (QED) is 0.699. The van der Waals surface area contributed by atoms with Gasteiger partial charge in [0, 0.05) is 30.9 Å². The number of para-hydroxylation sites is 1. The lowest BCUT2D eigenvalue weighted by Gasteiger charge is -2.24. The van der Waals surface area contributed by atoms with Crippen LogP contribution in [0.15, 0.2) is 53.4 Å². The fraction of sp³-hybridized carbons (Fsp3) is 0.435. The van der Waals surface area contributed by atoms with Gasteiger partial charge in [-0.05, 0) is 49.6 Å². The fourth-order valence-electron chi connectivity index (χ4n) is 4.03. The highest BCUT2D eigenvalue weighted by molar-refractivity contribution is 7.89. The van der Waals surface area contributed by atoms with Crippen molar-refractivity contribution in [2.24, 2.45) is 0 Å². The van der Waals surface area contributed by atoms with Crippen LogP contribution < -0.4 is 10.2 Å². The van der Waals surface area contributed by atoms with Crippen LogP contribution in [-0.4, -0.2) is 44.3 Å². The predicted octanol–water partition coefficient (Wildman–Crippen LogP) is 3.35. The van der Waals surface area contributed by atoms with Crippen LogP contribution in [0.2, 0.25) is 0 Å². The number of carbonyl (C=O) groups excluding carboxylic acids is 1. The van der Waals surface area contributed by atoms with Gasteiger partial charge in [0.2, 0.25) is 15.9 Å². The average molecular weight is 430 g/mol. The standard InChI is InChI=1S/C23H31N3O3S/c1-5-25(6-2)30(28,29)21-13-11-19(12-14-21)18(4)24-16-23(27)26-17(3)15-20-9-7-8-10-22(20)26/h7-14,17-18,24H,5-6,15-16H2,1-4H3/t17-,18+/m1/s1. The van der Waals surface area contributed by atoms with Crippen molar-refractivity contribution in [1.82, 2.24) is 9.62 Å². The molecular weight excluding hydrogens is 398 g/mol. The van der Waals surface area contributed by atoms with Gasteiger partial charge in [0.05, 0.1) is 11.4 Å². The Morgan fingerprint density at radius 1 is 1.13 bits per heavy atom. The van der Waals surface area contributed by atoms with Crippen LogP contribution in [0.4, 0.5) is 5.69 Å². The zero-order valence-corrected chi connectivity index (χ0v) is 18.9. The number of carbonyl (C=O) groups is 1. The predicted molar refractivity (Wildman–Crippen MR) is 120 cm³/mol. The summed E-state index contributed by atoms with van der Waals surface area (Å²) >= 11 is 0. The van der Waals surface area contributed by atoms with Gasteiger partial charge in [0.15, 0.2) is 0 Å². The molecule has 0 saturated heterocycles. The molecular formula is C23H31N3O3S. The summed E-state index contributed by atoms with van der Waals surface area (Å²) < 4.78 is 26.7. The Morgan fingerprint density at radius 2 is 1.77 bits per heavy atom. The second kappa shape index (κ2) is 9.29. The van der Waals surface area contributed by atoms with Gasteiger partial charge in [-0.1, -0.05) is 44.2 Å². The second-order valence-corrected chi connectivity index (χ2v) is 9.64. The lowest BCUT2D eigenvalue weighted by molar-refractivity contribution is -0.118. The number of rotatable bonds is 8. The molecule has 30 heavy (non-hydrogen) atoms. The highest BCUT2D eigenvalue weighted by atomic mass is 32.2. The van der Waals surface area contributed by atoms with Crippen LogP contribution in [0, 0.1) is 0 Å². The molecule has 3 rings (SSSR count). The summed E-state index contributed by atoms with van der Waals surface area (Å²) in [6, 6.07) is 15.0. The van der Waals surface area contributed by atoms with Crippen molar-refractivity contribution in [2.75, 3.05) is 24.5 Å². The van der Waals surface area contributed by atoms with E-state index in [1.807, 2.05) is 56.0 Å². The molecule has 0 spiro atoms. The molecule has 1 heterocycles. The number of benzene rings is 2. The molecule has 0 bridgehead atoms. The maximum absolute atomic E-state index is 12.9. The number of hydrogen-bond donors (Lipinski definition) is 1. The number of anilines is 1. The molecule has 1 aliphatic heterocycles. The third kappa shape index (κ3) is 4.43. The van der Waals surface area contributed by atoms with Gasteiger partial charge in [0.1, 0.15) is 0 Å². The van der Waals surface area contributed by atoms with Gasteiger partial charge >= 0.3 is 0 Å². The summed E-state index contributed by atoms with van der Waals surface area (Å²) in [5.41, 5.74) is 3.14. The van der Waals surface area contributed by atoms with Gasteiger partial charge in [-0.25, -0.2) is 8.42 Å². The Balaban J connectivity index is 1.64. The number of nitrogens with one attached hydrogen (secondary N) is 1. The van der Waals surface area contributed by atoms with Crippen LogP contribution in [0.25, 0.3) is 0 Å². The molecule has 7 heteroatoms. The number of hydrogen-bond acceptors (Lipinski definition) is 4. The Morgan fingerprint density at radius 3 is 2.40 bits per heavy atom. The molecule has 0 saturated carbocycles. The molecule has 162 valence electrons. The van der Waals surface area contributed by atoms with Gasteiger partial charge in [-0.15, -0.1) is 0 Å². The largest absolute Gasteiger partial charge is 0.308 e. The van der Waals surface area contributed by atoms with Crippen molar-refractivity contribution in [3.05, 3.63) is 59.7 Å². The van der Waals surface area contributed by atoms with Crippen molar-refractivity contribution >= 4 is 21.6 Å². The van der Waals surface area contributed by atoms with Gasteiger partial charge in [0.25, 0.3) is 0 Å². The van der Waals surface area contributed by atoms with Crippen molar-refractivity contribution in [3.8, 4) is 0 Å². The zero-order valence-electron chi connectivity index (χ0n) is 18.1.